The van der Waals surface area contributed by atoms with Gasteiger partial charge in [-0.2, -0.15) is 0 Å². The van der Waals surface area contributed by atoms with E-state index in [-0.39, 0.29) is 18.3 Å². The molecule has 0 atom stereocenters. The standard InChI is InChI=1S/C23H19FN2O3/c1-14-21(15(2)29-26-14)13-28-22-12-17-6-4-3-5-16(17)11-20(22)23(27)25-19-9-7-18(24)8-10-19/h3-12H,13H2,1-2H3,(H,25,27). The molecule has 3 aromatic carbocycles. The zero-order valence-corrected chi connectivity index (χ0v) is 16.0. The lowest BCUT2D eigenvalue weighted by atomic mass is 10.0. The first-order chi connectivity index (χ1) is 14.0. The van der Waals surface area contributed by atoms with Gasteiger partial charge in [-0.05, 0) is 61.0 Å². The molecule has 4 aromatic rings. The molecule has 0 aliphatic carbocycles. The van der Waals surface area contributed by atoms with Gasteiger partial charge in [-0.15, -0.1) is 0 Å². The second-order valence-electron chi connectivity index (χ2n) is 6.75. The molecule has 5 nitrogen and oxygen atoms in total. The minimum absolute atomic E-state index is 0.232. The first-order valence-electron chi connectivity index (χ1n) is 9.15. The highest BCUT2D eigenvalue weighted by atomic mass is 19.1. The van der Waals surface area contributed by atoms with Crippen molar-refractivity contribution in [3.63, 3.8) is 0 Å². The molecule has 29 heavy (non-hydrogen) atoms. The van der Waals surface area contributed by atoms with E-state index in [1.807, 2.05) is 44.2 Å². The fraction of sp³-hybridized carbons (Fsp3) is 0.130. The Balaban J connectivity index is 1.67. The molecule has 1 N–H and O–H groups in total. The number of nitrogens with one attached hydrogen (secondary N) is 1. The minimum atomic E-state index is -0.364. The Morgan fingerprint density at radius 1 is 1.07 bits per heavy atom. The molecule has 6 heteroatoms. The van der Waals surface area contributed by atoms with E-state index in [1.54, 1.807) is 6.07 Å². The summed E-state index contributed by atoms with van der Waals surface area (Å²) in [6.07, 6.45) is 0. The van der Waals surface area contributed by atoms with Crippen molar-refractivity contribution in [3.05, 3.63) is 89.1 Å². The number of amides is 1. The van der Waals surface area contributed by atoms with Crippen LogP contribution in [0.3, 0.4) is 0 Å². The number of rotatable bonds is 5. The van der Waals surface area contributed by atoms with Gasteiger partial charge in [-0.3, -0.25) is 4.79 Å². The zero-order valence-electron chi connectivity index (χ0n) is 16.0. The third-order valence-electron chi connectivity index (χ3n) is 4.75. The van der Waals surface area contributed by atoms with E-state index in [2.05, 4.69) is 10.5 Å². The van der Waals surface area contributed by atoms with Crippen molar-refractivity contribution in [3.8, 4) is 5.75 Å². The van der Waals surface area contributed by atoms with Crippen LogP contribution in [0.1, 0.15) is 27.4 Å². The maximum absolute atomic E-state index is 13.1. The predicted molar refractivity (Wildman–Crippen MR) is 109 cm³/mol. The average Bonchev–Trinajstić information content (AvgIpc) is 3.05. The Morgan fingerprint density at radius 3 is 2.41 bits per heavy atom. The smallest absolute Gasteiger partial charge is 0.259 e. The quantitative estimate of drug-likeness (QED) is 0.494. The summed E-state index contributed by atoms with van der Waals surface area (Å²) in [4.78, 5) is 12.9. The molecule has 146 valence electrons. The summed E-state index contributed by atoms with van der Waals surface area (Å²) in [6, 6.07) is 17.0. The second kappa shape index (κ2) is 7.75. The van der Waals surface area contributed by atoms with Crippen molar-refractivity contribution < 1.29 is 18.4 Å². The Bertz CT molecular complexity index is 1160. The van der Waals surface area contributed by atoms with E-state index in [9.17, 15) is 9.18 Å². The van der Waals surface area contributed by atoms with Crippen molar-refractivity contribution in [2.24, 2.45) is 0 Å². The summed E-state index contributed by atoms with van der Waals surface area (Å²) in [5, 5.41) is 8.60. The normalized spacial score (nSPS) is 10.9. The largest absolute Gasteiger partial charge is 0.488 e. The van der Waals surface area contributed by atoms with E-state index in [4.69, 9.17) is 9.26 Å². The van der Waals surface area contributed by atoms with Gasteiger partial charge in [0.1, 0.15) is 23.9 Å². The molecule has 0 bridgehead atoms. The van der Waals surface area contributed by atoms with Crippen LogP contribution in [-0.2, 0) is 6.61 Å². The van der Waals surface area contributed by atoms with Crippen LogP contribution in [0, 0.1) is 19.7 Å². The lowest BCUT2D eigenvalue weighted by molar-refractivity contribution is 0.102. The number of hydrogen-bond donors (Lipinski definition) is 1. The van der Waals surface area contributed by atoms with Crippen LogP contribution in [0.4, 0.5) is 10.1 Å². The van der Waals surface area contributed by atoms with E-state index < -0.39 is 0 Å². The molecule has 1 amide bonds. The fourth-order valence-electron chi connectivity index (χ4n) is 3.11. The topological polar surface area (TPSA) is 64.4 Å². The summed E-state index contributed by atoms with van der Waals surface area (Å²) in [7, 11) is 0. The van der Waals surface area contributed by atoms with Crippen molar-refractivity contribution in [2.45, 2.75) is 20.5 Å². The van der Waals surface area contributed by atoms with E-state index in [1.165, 1.54) is 24.3 Å². The van der Waals surface area contributed by atoms with Crippen LogP contribution >= 0.6 is 0 Å². The zero-order chi connectivity index (χ0) is 20.4. The monoisotopic (exact) mass is 390 g/mol. The van der Waals surface area contributed by atoms with Crippen LogP contribution in [-0.4, -0.2) is 11.1 Å². The molecule has 0 fully saturated rings. The van der Waals surface area contributed by atoms with Crippen LogP contribution in [0.25, 0.3) is 10.8 Å². The van der Waals surface area contributed by atoms with Gasteiger partial charge in [-0.25, -0.2) is 4.39 Å². The number of hydrogen-bond acceptors (Lipinski definition) is 4. The summed E-state index contributed by atoms with van der Waals surface area (Å²) >= 11 is 0. The molecule has 0 saturated carbocycles. The number of fused-ring (bicyclic) bond motifs is 1. The van der Waals surface area contributed by atoms with Gasteiger partial charge < -0.3 is 14.6 Å². The summed E-state index contributed by atoms with van der Waals surface area (Å²) in [6.45, 7) is 3.90. The van der Waals surface area contributed by atoms with Crippen LogP contribution in [0.2, 0.25) is 0 Å². The molecule has 0 aliphatic rings. The Labute approximate surface area is 167 Å². The number of halogens is 1. The number of carbonyl (C=O) groups excluding carboxylic acids is 1. The van der Waals surface area contributed by atoms with Gasteiger partial charge in [0.15, 0.2) is 0 Å². The average molecular weight is 390 g/mol. The number of ether oxygens (including phenoxy) is 1. The maximum atomic E-state index is 13.1. The second-order valence-corrected chi connectivity index (χ2v) is 6.75. The molecular weight excluding hydrogens is 371 g/mol. The van der Waals surface area contributed by atoms with E-state index in [0.29, 0.717) is 22.8 Å². The Hall–Kier alpha value is -3.67. The van der Waals surface area contributed by atoms with Gasteiger partial charge >= 0.3 is 0 Å². The van der Waals surface area contributed by atoms with E-state index in [0.717, 1.165) is 22.0 Å². The predicted octanol–water partition coefficient (Wildman–Crippen LogP) is 5.42. The van der Waals surface area contributed by atoms with Gasteiger partial charge in [0, 0.05) is 5.69 Å². The number of aromatic nitrogens is 1. The highest BCUT2D eigenvalue weighted by Crippen LogP contribution is 2.28. The van der Waals surface area contributed by atoms with Crippen LogP contribution in [0.15, 0.2) is 65.2 Å². The molecule has 0 radical (unpaired) electrons. The number of benzene rings is 3. The fourth-order valence-corrected chi connectivity index (χ4v) is 3.11. The molecular formula is C23H19FN2O3. The van der Waals surface area contributed by atoms with Gasteiger partial charge in [-0.1, -0.05) is 29.4 Å². The van der Waals surface area contributed by atoms with Crippen LogP contribution < -0.4 is 10.1 Å². The van der Waals surface area contributed by atoms with Gasteiger partial charge in [0.05, 0.1) is 16.8 Å². The van der Waals surface area contributed by atoms with E-state index >= 15 is 0 Å². The van der Waals surface area contributed by atoms with Crippen LogP contribution in [0.5, 0.6) is 5.75 Å². The Kier molecular flexibility index (Phi) is 4.99. The van der Waals surface area contributed by atoms with Crippen molar-refractivity contribution in [1.29, 1.82) is 0 Å². The SMILES string of the molecule is Cc1noc(C)c1COc1cc2ccccc2cc1C(=O)Nc1ccc(F)cc1. The number of nitrogens with zero attached hydrogens (tertiary/aromatic N) is 1. The molecule has 0 spiro atoms. The molecule has 1 aromatic heterocycles. The van der Waals surface area contributed by atoms with Crippen molar-refractivity contribution in [2.75, 3.05) is 5.32 Å². The summed E-state index contributed by atoms with van der Waals surface area (Å²) in [5.74, 6) is 0.428. The summed E-state index contributed by atoms with van der Waals surface area (Å²) in [5.41, 5.74) is 2.49. The molecule has 4 rings (SSSR count). The highest BCUT2D eigenvalue weighted by molar-refractivity contribution is 6.08. The number of carbonyl (C=O) groups is 1. The van der Waals surface area contributed by atoms with Gasteiger partial charge in [0.25, 0.3) is 5.91 Å². The Morgan fingerprint density at radius 2 is 1.76 bits per heavy atom. The molecule has 0 unspecified atom stereocenters. The first kappa shape index (κ1) is 18.7. The first-order valence-corrected chi connectivity index (χ1v) is 9.15. The minimum Gasteiger partial charge on any atom is -0.488 e. The maximum Gasteiger partial charge on any atom is 0.259 e. The lowest BCUT2D eigenvalue weighted by Gasteiger charge is -2.13. The third-order valence-corrected chi connectivity index (χ3v) is 4.75. The summed E-state index contributed by atoms with van der Waals surface area (Å²) < 4.78 is 24.3. The third kappa shape index (κ3) is 3.96. The molecule has 0 aliphatic heterocycles. The molecule has 1 heterocycles. The molecule has 0 saturated heterocycles. The highest BCUT2D eigenvalue weighted by Gasteiger charge is 2.17. The van der Waals surface area contributed by atoms with Gasteiger partial charge in [0.2, 0.25) is 0 Å². The number of aryl methyl sites for hydroxylation is 2. The number of anilines is 1. The van der Waals surface area contributed by atoms with Crippen molar-refractivity contribution >= 4 is 22.4 Å². The van der Waals surface area contributed by atoms with Crippen molar-refractivity contribution in [1.82, 2.24) is 5.16 Å². The lowest BCUT2D eigenvalue weighted by Crippen LogP contribution is -2.14.